The summed E-state index contributed by atoms with van der Waals surface area (Å²) in [6.07, 6.45) is 0. The van der Waals surface area contributed by atoms with Crippen LogP contribution in [0, 0.1) is 33.5 Å². The van der Waals surface area contributed by atoms with Gasteiger partial charge in [-0.05, 0) is 81.1 Å². The Balaban J connectivity index is 2.24. The van der Waals surface area contributed by atoms with Crippen LogP contribution in [0.2, 0.25) is 0 Å². The van der Waals surface area contributed by atoms with E-state index in [1.165, 1.54) is 31.2 Å². The second-order valence-corrected chi connectivity index (χ2v) is 8.08. The van der Waals surface area contributed by atoms with Crippen molar-refractivity contribution in [3.8, 4) is 0 Å². The highest BCUT2D eigenvalue weighted by molar-refractivity contribution is 7.89. The molecule has 0 aromatic heterocycles. The standard InChI is InChI=1S/C19H23FN2O3S/c1-11-10-12(2)14(4)18(13(11)3)26(24,25)22-15(5)19(23)21-17-8-6-16(20)7-9-17/h6-10,15,22H,1-5H3,(H,21,23)/t15-/m0/s1. The van der Waals surface area contributed by atoms with Crippen LogP contribution in [0.25, 0.3) is 0 Å². The number of aryl methyl sites for hydroxylation is 2. The number of rotatable bonds is 5. The molecule has 26 heavy (non-hydrogen) atoms. The predicted molar refractivity (Wildman–Crippen MR) is 100 cm³/mol. The Hall–Kier alpha value is -2.25. The molecule has 0 saturated heterocycles. The van der Waals surface area contributed by atoms with Gasteiger partial charge in [-0.25, -0.2) is 12.8 Å². The van der Waals surface area contributed by atoms with Gasteiger partial charge < -0.3 is 5.32 Å². The van der Waals surface area contributed by atoms with Gasteiger partial charge in [0, 0.05) is 5.69 Å². The maximum absolute atomic E-state index is 12.9. The number of carbonyl (C=O) groups excluding carboxylic acids is 1. The van der Waals surface area contributed by atoms with E-state index in [0.29, 0.717) is 16.8 Å². The molecular formula is C19H23FN2O3S. The third-order valence-corrected chi connectivity index (χ3v) is 6.22. The summed E-state index contributed by atoms with van der Waals surface area (Å²) in [5, 5.41) is 2.56. The summed E-state index contributed by atoms with van der Waals surface area (Å²) in [5.41, 5.74) is 3.45. The topological polar surface area (TPSA) is 75.3 Å². The number of hydrogen-bond acceptors (Lipinski definition) is 3. The van der Waals surface area contributed by atoms with Crippen LogP contribution in [-0.4, -0.2) is 20.4 Å². The first-order valence-corrected chi connectivity index (χ1v) is 9.67. The average molecular weight is 378 g/mol. The van der Waals surface area contributed by atoms with Crippen molar-refractivity contribution >= 4 is 21.6 Å². The van der Waals surface area contributed by atoms with Gasteiger partial charge in [0.15, 0.2) is 0 Å². The molecule has 2 aromatic carbocycles. The van der Waals surface area contributed by atoms with Crippen LogP contribution in [0.1, 0.15) is 29.2 Å². The van der Waals surface area contributed by atoms with E-state index in [2.05, 4.69) is 10.0 Å². The smallest absolute Gasteiger partial charge is 0.242 e. The fourth-order valence-corrected chi connectivity index (χ4v) is 4.53. The zero-order valence-electron chi connectivity index (χ0n) is 15.5. The Kier molecular flexibility index (Phi) is 5.83. The first-order chi connectivity index (χ1) is 12.0. The molecule has 0 aliphatic rings. The van der Waals surface area contributed by atoms with E-state index >= 15 is 0 Å². The summed E-state index contributed by atoms with van der Waals surface area (Å²) in [7, 11) is -3.88. The van der Waals surface area contributed by atoms with Gasteiger partial charge in [-0.1, -0.05) is 6.07 Å². The Morgan fingerprint density at radius 3 is 2.00 bits per heavy atom. The minimum Gasteiger partial charge on any atom is -0.325 e. The lowest BCUT2D eigenvalue weighted by Gasteiger charge is -2.19. The summed E-state index contributed by atoms with van der Waals surface area (Å²) >= 11 is 0. The quantitative estimate of drug-likeness (QED) is 0.838. The maximum atomic E-state index is 12.9. The van der Waals surface area contributed by atoms with Gasteiger partial charge in [0.25, 0.3) is 0 Å². The van der Waals surface area contributed by atoms with Gasteiger partial charge >= 0.3 is 0 Å². The van der Waals surface area contributed by atoms with E-state index in [-0.39, 0.29) is 4.90 Å². The molecule has 0 saturated carbocycles. The van der Waals surface area contributed by atoms with Crippen molar-refractivity contribution in [2.24, 2.45) is 0 Å². The number of halogens is 1. The molecule has 5 nitrogen and oxygen atoms in total. The van der Waals surface area contributed by atoms with Crippen molar-refractivity contribution in [1.82, 2.24) is 4.72 Å². The summed E-state index contributed by atoms with van der Waals surface area (Å²) in [5.74, 6) is -0.947. The number of sulfonamides is 1. The minimum atomic E-state index is -3.88. The van der Waals surface area contributed by atoms with Crippen molar-refractivity contribution in [2.75, 3.05) is 5.32 Å². The fraction of sp³-hybridized carbons (Fsp3) is 0.316. The minimum absolute atomic E-state index is 0.205. The predicted octanol–water partition coefficient (Wildman–Crippen LogP) is 3.36. The molecule has 2 aromatic rings. The van der Waals surface area contributed by atoms with Gasteiger partial charge in [0.2, 0.25) is 15.9 Å². The molecular weight excluding hydrogens is 355 g/mol. The number of nitrogens with one attached hydrogen (secondary N) is 2. The average Bonchev–Trinajstić information content (AvgIpc) is 2.54. The molecule has 0 aliphatic carbocycles. The van der Waals surface area contributed by atoms with E-state index in [9.17, 15) is 17.6 Å². The number of hydrogen-bond donors (Lipinski definition) is 2. The van der Waals surface area contributed by atoms with Gasteiger partial charge in [-0.3, -0.25) is 4.79 Å². The lowest BCUT2D eigenvalue weighted by Crippen LogP contribution is -2.42. The molecule has 0 bridgehead atoms. The number of carbonyl (C=O) groups is 1. The third-order valence-electron chi connectivity index (χ3n) is 4.40. The second-order valence-electron chi connectivity index (χ2n) is 6.43. The monoisotopic (exact) mass is 378 g/mol. The van der Waals surface area contributed by atoms with Gasteiger partial charge in [0.1, 0.15) is 5.82 Å². The van der Waals surface area contributed by atoms with Crippen LogP contribution in [0.4, 0.5) is 10.1 Å². The molecule has 140 valence electrons. The van der Waals surface area contributed by atoms with Gasteiger partial charge in [-0.15, -0.1) is 0 Å². The molecule has 1 amide bonds. The molecule has 2 N–H and O–H groups in total. The number of anilines is 1. The van der Waals surface area contributed by atoms with E-state index in [4.69, 9.17) is 0 Å². The van der Waals surface area contributed by atoms with E-state index in [1.54, 1.807) is 13.8 Å². The van der Waals surface area contributed by atoms with Crippen molar-refractivity contribution in [2.45, 2.75) is 45.6 Å². The maximum Gasteiger partial charge on any atom is 0.242 e. The molecule has 0 aliphatic heterocycles. The summed E-state index contributed by atoms with van der Waals surface area (Å²) in [4.78, 5) is 12.5. The molecule has 7 heteroatoms. The van der Waals surface area contributed by atoms with Crippen molar-refractivity contribution in [3.05, 3.63) is 58.4 Å². The molecule has 0 spiro atoms. The first kappa shape index (κ1) is 20.1. The molecule has 2 rings (SSSR count). The van der Waals surface area contributed by atoms with Crippen LogP contribution in [0.5, 0.6) is 0 Å². The first-order valence-electron chi connectivity index (χ1n) is 8.19. The summed E-state index contributed by atoms with van der Waals surface area (Å²) in [6, 6.07) is 6.19. The Labute approximate surface area is 153 Å². The lowest BCUT2D eigenvalue weighted by atomic mass is 10.0. The molecule has 0 heterocycles. The van der Waals surface area contributed by atoms with Crippen molar-refractivity contribution in [1.29, 1.82) is 0 Å². The van der Waals surface area contributed by atoms with Crippen LogP contribution >= 0.6 is 0 Å². The van der Waals surface area contributed by atoms with Gasteiger partial charge in [0.05, 0.1) is 10.9 Å². The summed E-state index contributed by atoms with van der Waals surface area (Å²) < 4.78 is 41.1. The Morgan fingerprint density at radius 1 is 1.00 bits per heavy atom. The normalized spacial score (nSPS) is 12.7. The van der Waals surface area contributed by atoms with E-state index in [1.807, 2.05) is 19.9 Å². The largest absolute Gasteiger partial charge is 0.325 e. The lowest BCUT2D eigenvalue weighted by molar-refractivity contribution is -0.117. The highest BCUT2D eigenvalue weighted by Crippen LogP contribution is 2.26. The number of benzene rings is 2. The van der Waals surface area contributed by atoms with Crippen LogP contribution in [0.15, 0.2) is 35.2 Å². The van der Waals surface area contributed by atoms with Crippen LogP contribution in [0.3, 0.4) is 0 Å². The fourth-order valence-electron chi connectivity index (χ4n) is 2.71. The summed E-state index contributed by atoms with van der Waals surface area (Å²) in [6.45, 7) is 8.67. The van der Waals surface area contributed by atoms with E-state index in [0.717, 1.165) is 11.1 Å². The van der Waals surface area contributed by atoms with E-state index < -0.39 is 27.8 Å². The van der Waals surface area contributed by atoms with Crippen molar-refractivity contribution < 1.29 is 17.6 Å². The Morgan fingerprint density at radius 2 is 1.50 bits per heavy atom. The van der Waals surface area contributed by atoms with Crippen LogP contribution in [-0.2, 0) is 14.8 Å². The second kappa shape index (κ2) is 7.55. The van der Waals surface area contributed by atoms with Crippen LogP contribution < -0.4 is 10.0 Å². The Bertz CT molecular complexity index is 912. The molecule has 0 unspecified atom stereocenters. The zero-order valence-corrected chi connectivity index (χ0v) is 16.3. The molecule has 0 fully saturated rings. The van der Waals surface area contributed by atoms with Crippen molar-refractivity contribution in [3.63, 3.8) is 0 Å². The molecule has 0 radical (unpaired) electrons. The third kappa shape index (κ3) is 4.28. The molecule has 1 atom stereocenters. The SMILES string of the molecule is Cc1cc(C)c(C)c(S(=O)(=O)N[C@@H](C)C(=O)Nc2ccc(F)cc2)c1C. The highest BCUT2D eigenvalue weighted by atomic mass is 32.2. The number of amides is 1. The highest BCUT2D eigenvalue weighted by Gasteiger charge is 2.26. The van der Waals surface area contributed by atoms with Gasteiger partial charge in [-0.2, -0.15) is 4.72 Å². The zero-order chi connectivity index (χ0) is 19.6.